The highest BCUT2D eigenvalue weighted by Gasteiger charge is 2.08. The Morgan fingerprint density at radius 3 is 2.36 bits per heavy atom. The molecule has 6 heteroatoms. The van der Waals surface area contributed by atoms with Crippen molar-refractivity contribution in [3.05, 3.63) is 82.0 Å². The van der Waals surface area contributed by atoms with Gasteiger partial charge >= 0.3 is 0 Å². The number of carbonyl (C=O) groups is 1. The van der Waals surface area contributed by atoms with Crippen LogP contribution < -0.4 is 10.6 Å². The fourth-order valence-corrected chi connectivity index (χ4v) is 2.77. The lowest BCUT2D eigenvalue weighted by molar-refractivity contribution is 0.102. The predicted molar refractivity (Wildman–Crippen MR) is 103 cm³/mol. The van der Waals surface area contributed by atoms with Gasteiger partial charge in [0.1, 0.15) is 5.82 Å². The first-order valence-electron chi connectivity index (χ1n) is 7.58. The van der Waals surface area contributed by atoms with Gasteiger partial charge in [-0.05, 0) is 43.3 Å². The van der Waals surface area contributed by atoms with Crippen molar-refractivity contribution in [3.8, 4) is 0 Å². The third kappa shape index (κ3) is 4.29. The second-order valence-corrected chi connectivity index (χ2v) is 6.29. The number of hydrogen-bond acceptors (Lipinski definition) is 3. The molecule has 25 heavy (non-hydrogen) atoms. The lowest BCUT2D eigenvalue weighted by Crippen LogP contribution is -2.12. The molecule has 1 amide bonds. The van der Waals surface area contributed by atoms with Crippen molar-refractivity contribution in [2.45, 2.75) is 6.92 Å². The lowest BCUT2D eigenvalue weighted by Gasteiger charge is -2.10. The van der Waals surface area contributed by atoms with E-state index < -0.39 is 0 Å². The first-order valence-corrected chi connectivity index (χ1v) is 8.33. The molecule has 3 rings (SSSR count). The minimum Gasteiger partial charge on any atom is -0.338 e. The first-order chi connectivity index (χ1) is 12.0. The van der Waals surface area contributed by atoms with Crippen LogP contribution in [0.5, 0.6) is 0 Å². The van der Waals surface area contributed by atoms with Crippen molar-refractivity contribution in [2.75, 3.05) is 10.6 Å². The number of para-hydroxylation sites is 1. The number of hydrogen-bond donors (Lipinski definition) is 2. The van der Waals surface area contributed by atoms with E-state index in [0.29, 0.717) is 32.8 Å². The molecule has 0 spiro atoms. The molecule has 0 fully saturated rings. The highest BCUT2D eigenvalue weighted by molar-refractivity contribution is 6.39. The average molecular weight is 372 g/mol. The zero-order valence-corrected chi connectivity index (χ0v) is 14.9. The zero-order chi connectivity index (χ0) is 17.8. The summed E-state index contributed by atoms with van der Waals surface area (Å²) in [4.78, 5) is 16.5. The molecular weight excluding hydrogens is 357 g/mol. The molecule has 1 heterocycles. The number of rotatable bonds is 4. The van der Waals surface area contributed by atoms with Gasteiger partial charge in [0.05, 0.1) is 27.6 Å². The Morgan fingerprint density at radius 2 is 1.72 bits per heavy atom. The first kappa shape index (κ1) is 17.3. The van der Waals surface area contributed by atoms with Crippen LogP contribution in [-0.2, 0) is 0 Å². The van der Waals surface area contributed by atoms with Crippen molar-refractivity contribution in [3.63, 3.8) is 0 Å². The molecule has 4 nitrogen and oxygen atoms in total. The molecule has 0 aliphatic heterocycles. The van der Waals surface area contributed by atoms with Gasteiger partial charge in [-0.15, -0.1) is 0 Å². The van der Waals surface area contributed by atoms with Gasteiger partial charge < -0.3 is 10.6 Å². The molecule has 2 aromatic carbocycles. The van der Waals surface area contributed by atoms with Crippen LogP contribution in [0.3, 0.4) is 0 Å². The molecular formula is C19H15Cl2N3O. The smallest absolute Gasteiger partial charge is 0.255 e. The van der Waals surface area contributed by atoms with Crippen molar-refractivity contribution >= 4 is 46.3 Å². The van der Waals surface area contributed by atoms with Gasteiger partial charge in [0.25, 0.3) is 5.91 Å². The van der Waals surface area contributed by atoms with Gasteiger partial charge in [0.15, 0.2) is 0 Å². The maximum absolute atomic E-state index is 12.2. The van der Waals surface area contributed by atoms with Crippen LogP contribution in [-0.4, -0.2) is 10.9 Å². The number of nitrogens with one attached hydrogen (secondary N) is 2. The monoisotopic (exact) mass is 371 g/mol. The van der Waals surface area contributed by atoms with Crippen molar-refractivity contribution in [1.29, 1.82) is 0 Å². The van der Waals surface area contributed by atoms with Crippen molar-refractivity contribution in [2.24, 2.45) is 0 Å². The minimum absolute atomic E-state index is 0.180. The Kier molecular flexibility index (Phi) is 5.22. The number of amides is 1. The largest absolute Gasteiger partial charge is 0.338 e. The van der Waals surface area contributed by atoms with E-state index in [9.17, 15) is 4.79 Å². The highest BCUT2D eigenvalue weighted by Crippen LogP contribution is 2.32. The van der Waals surface area contributed by atoms with Crippen LogP contribution in [0, 0.1) is 6.92 Å². The van der Waals surface area contributed by atoms with E-state index in [-0.39, 0.29) is 5.91 Å². The zero-order valence-electron chi connectivity index (χ0n) is 13.4. The van der Waals surface area contributed by atoms with E-state index in [4.69, 9.17) is 23.2 Å². The van der Waals surface area contributed by atoms with Gasteiger partial charge in [-0.1, -0.05) is 47.0 Å². The number of pyridine rings is 1. The van der Waals surface area contributed by atoms with Crippen molar-refractivity contribution in [1.82, 2.24) is 4.98 Å². The molecule has 0 saturated heterocycles. The normalized spacial score (nSPS) is 10.4. The summed E-state index contributed by atoms with van der Waals surface area (Å²) in [6.07, 6.45) is 1.57. The van der Waals surface area contributed by atoms with E-state index in [1.54, 1.807) is 42.6 Å². The van der Waals surface area contributed by atoms with Crippen LogP contribution in [0.25, 0.3) is 0 Å². The van der Waals surface area contributed by atoms with E-state index in [1.165, 1.54) is 0 Å². The van der Waals surface area contributed by atoms with Crippen LogP contribution in [0.2, 0.25) is 10.0 Å². The second-order valence-electron chi connectivity index (χ2n) is 5.48. The van der Waals surface area contributed by atoms with E-state index in [1.807, 2.05) is 25.1 Å². The van der Waals surface area contributed by atoms with Crippen molar-refractivity contribution < 1.29 is 4.79 Å². The number of aryl methyl sites for hydroxylation is 1. The maximum Gasteiger partial charge on any atom is 0.255 e. The number of halogens is 2. The van der Waals surface area contributed by atoms with Gasteiger partial charge in [0, 0.05) is 5.56 Å². The van der Waals surface area contributed by atoms with Crippen LogP contribution in [0.1, 0.15) is 15.9 Å². The Bertz CT molecular complexity index is 891. The van der Waals surface area contributed by atoms with Gasteiger partial charge in [-0.2, -0.15) is 0 Å². The van der Waals surface area contributed by atoms with E-state index in [2.05, 4.69) is 15.6 Å². The summed E-state index contributed by atoms with van der Waals surface area (Å²) in [5.41, 5.74) is 2.82. The second kappa shape index (κ2) is 7.55. The molecule has 2 N–H and O–H groups in total. The Balaban J connectivity index is 1.71. The van der Waals surface area contributed by atoms with Gasteiger partial charge in [0.2, 0.25) is 0 Å². The molecule has 0 atom stereocenters. The fraction of sp³-hybridized carbons (Fsp3) is 0.0526. The summed E-state index contributed by atoms with van der Waals surface area (Å²) in [6.45, 7) is 1.94. The molecule has 0 aliphatic rings. The number of anilines is 3. The van der Waals surface area contributed by atoms with Crippen LogP contribution in [0.4, 0.5) is 17.2 Å². The third-order valence-corrected chi connectivity index (χ3v) is 4.15. The molecule has 126 valence electrons. The fourth-order valence-electron chi connectivity index (χ4n) is 2.28. The number of benzene rings is 2. The number of nitrogens with zero attached hydrogens (tertiary/aromatic N) is 1. The summed E-state index contributed by atoms with van der Waals surface area (Å²) in [7, 11) is 0. The van der Waals surface area contributed by atoms with Crippen LogP contribution in [0.15, 0.2) is 60.8 Å². The topological polar surface area (TPSA) is 54.0 Å². The summed E-state index contributed by atoms with van der Waals surface area (Å²) in [5, 5.41) is 6.90. The standard InChI is InChI=1S/C19H15Cl2N3O/c1-12-4-2-5-13(10-12)19(25)23-14-8-9-17(22-11-14)24-18-15(20)6-3-7-16(18)21/h2-11H,1H3,(H,22,24)(H,23,25). The molecule has 0 unspecified atom stereocenters. The molecule has 1 aromatic heterocycles. The highest BCUT2D eigenvalue weighted by atomic mass is 35.5. The Labute approximate surface area is 155 Å². The average Bonchev–Trinajstić information content (AvgIpc) is 2.60. The number of carbonyl (C=O) groups excluding carboxylic acids is 1. The summed E-state index contributed by atoms with van der Waals surface area (Å²) in [6, 6.07) is 16.1. The van der Waals surface area contributed by atoms with Gasteiger partial charge in [-0.3, -0.25) is 4.79 Å². The van der Waals surface area contributed by atoms with E-state index in [0.717, 1.165) is 5.56 Å². The maximum atomic E-state index is 12.2. The Morgan fingerprint density at radius 1 is 1.00 bits per heavy atom. The minimum atomic E-state index is -0.180. The summed E-state index contributed by atoms with van der Waals surface area (Å²) >= 11 is 12.3. The van der Waals surface area contributed by atoms with Gasteiger partial charge in [-0.25, -0.2) is 4.98 Å². The Hall–Kier alpha value is -2.56. The molecule has 0 radical (unpaired) electrons. The SMILES string of the molecule is Cc1cccc(C(=O)Nc2ccc(Nc3c(Cl)cccc3Cl)nc2)c1. The molecule has 0 aliphatic carbocycles. The lowest BCUT2D eigenvalue weighted by atomic mass is 10.1. The molecule has 0 saturated carbocycles. The molecule has 0 bridgehead atoms. The predicted octanol–water partition coefficient (Wildman–Crippen LogP) is 5.69. The third-order valence-electron chi connectivity index (χ3n) is 3.52. The van der Waals surface area contributed by atoms with Crippen LogP contribution >= 0.6 is 23.2 Å². The number of aromatic nitrogens is 1. The quantitative estimate of drug-likeness (QED) is 0.618. The summed E-state index contributed by atoms with van der Waals surface area (Å²) < 4.78 is 0. The van der Waals surface area contributed by atoms with E-state index >= 15 is 0 Å². The molecule has 3 aromatic rings. The summed E-state index contributed by atoms with van der Waals surface area (Å²) in [5.74, 6) is 0.393.